The van der Waals surface area contributed by atoms with Gasteiger partial charge in [-0.05, 0) is 25.3 Å². The molecule has 20 heavy (non-hydrogen) atoms. The molecular weight excluding hydrogens is 252 g/mol. The Morgan fingerprint density at radius 3 is 2.90 bits per heavy atom. The lowest BCUT2D eigenvalue weighted by molar-refractivity contribution is 0.536. The van der Waals surface area contributed by atoms with Crippen LogP contribution in [0.5, 0.6) is 0 Å². The molecule has 1 aliphatic heterocycles. The van der Waals surface area contributed by atoms with Crippen LogP contribution in [0.1, 0.15) is 39.4 Å². The molecule has 5 nitrogen and oxygen atoms in total. The third-order valence-electron chi connectivity index (χ3n) is 3.62. The molecule has 2 heterocycles. The van der Waals surface area contributed by atoms with Crippen LogP contribution in [0.4, 0.5) is 5.82 Å². The summed E-state index contributed by atoms with van der Waals surface area (Å²) in [6, 6.07) is 2.14. The number of H-pyrrole nitrogens is 1. The fourth-order valence-electron chi connectivity index (χ4n) is 2.70. The zero-order valence-corrected chi connectivity index (χ0v) is 12.8. The molecule has 0 saturated carbocycles. The van der Waals surface area contributed by atoms with Gasteiger partial charge in [0.2, 0.25) is 0 Å². The van der Waals surface area contributed by atoms with Crippen LogP contribution in [-0.4, -0.2) is 35.6 Å². The van der Waals surface area contributed by atoms with E-state index in [9.17, 15) is 4.79 Å². The summed E-state index contributed by atoms with van der Waals surface area (Å²) in [4.78, 5) is 21.4. The fraction of sp³-hybridized carbons (Fsp3) is 0.733. The van der Waals surface area contributed by atoms with E-state index in [0.29, 0.717) is 12.0 Å². The van der Waals surface area contributed by atoms with Crippen LogP contribution in [0.3, 0.4) is 0 Å². The summed E-state index contributed by atoms with van der Waals surface area (Å²) >= 11 is 0. The molecule has 1 aliphatic rings. The second-order valence-corrected chi connectivity index (χ2v) is 6.00. The Balaban J connectivity index is 2.20. The van der Waals surface area contributed by atoms with E-state index in [1.165, 1.54) is 12.8 Å². The van der Waals surface area contributed by atoms with Crippen LogP contribution in [0, 0.1) is 5.92 Å². The van der Waals surface area contributed by atoms with Crippen molar-refractivity contribution in [3.63, 3.8) is 0 Å². The topological polar surface area (TPSA) is 61.0 Å². The fourth-order valence-corrected chi connectivity index (χ4v) is 2.70. The van der Waals surface area contributed by atoms with Crippen molar-refractivity contribution in [1.29, 1.82) is 0 Å². The van der Waals surface area contributed by atoms with Crippen LogP contribution in [0.2, 0.25) is 0 Å². The molecule has 0 aliphatic carbocycles. The number of aromatic nitrogens is 2. The predicted molar refractivity (Wildman–Crippen MR) is 82.3 cm³/mol. The van der Waals surface area contributed by atoms with Gasteiger partial charge >= 0.3 is 0 Å². The van der Waals surface area contributed by atoms with Gasteiger partial charge in [0.05, 0.1) is 0 Å². The van der Waals surface area contributed by atoms with E-state index in [2.05, 4.69) is 34.0 Å². The molecule has 0 bridgehead atoms. The minimum atomic E-state index is -0.0556. The molecule has 1 atom stereocenters. The predicted octanol–water partition coefficient (Wildman–Crippen LogP) is 1.55. The van der Waals surface area contributed by atoms with Crippen LogP contribution >= 0.6 is 0 Å². The minimum Gasteiger partial charge on any atom is -0.355 e. The van der Waals surface area contributed by atoms with E-state index in [1.807, 2.05) is 6.92 Å². The maximum absolute atomic E-state index is 11.8. The Kier molecular flexibility index (Phi) is 5.17. The number of anilines is 1. The molecule has 1 aromatic rings. The van der Waals surface area contributed by atoms with Crippen molar-refractivity contribution in [1.82, 2.24) is 15.3 Å². The van der Waals surface area contributed by atoms with Gasteiger partial charge in [0.25, 0.3) is 5.56 Å². The van der Waals surface area contributed by atoms with Gasteiger partial charge in [0.15, 0.2) is 0 Å². The van der Waals surface area contributed by atoms with Crippen LogP contribution in [-0.2, 0) is 6.42 Å². The van der Waals surface area contributed by atoms with Crippen molar-refractivity contribution in [3.8, 4) is 0 Å². The van der Waals surface area contributed by atoms with Crippen molar-refractivity contribution in [2.75, 3.05) is 24.5 Å². The third-order valence-corrected chi connectivity index (χ3v) is 3.62. The van der Waals surface area contributed by atoms with E-state index in [4.69, 9.17) is 0 Å². The highest BCUT2D eigenvalue weighted by atomic mass is 16.1. The number of nitrogens with one attached hydrogen (secondary N) is 2. The Hall–Kier alpha value is -1.36. The maximum Gasteiger partial charge on any atom is 0.252 e. The van der Waals surface area contributed by atoms with Crippen molar-refractivity contribution in [2.24, 2.45) is 5.92 Å². The number of aryl methyl sites for hydroxylation is 1. The first kappa shape index (κ1) is 15.0. The lowest BCUT2D eigenvalue weighted by atomic mass is 10.1. The first-order valence-electron chi connectivity index (χ1n) is 7.67. The summed E-state index contributed by atoms with van der Waals surface area (Å²) in [6.45, 7) is 9.36. The van der Waals surface area contributed by atoms with Crippen molar-refractivity contribution >= 4 is 5.82 Å². The molecule has 5 heteroatoms. The van der Waals surface area contributed by atoms with E-state index >= 15 is 0 Å². The van der Waals surface area contributed by atoms with Gasteiger partial charge in [-0.1, -0.05) is 20.8 Å². The van der Waals surface area contributed by atoms with Crippen molar-refractivity contribution < 1.29 is 0 Å². The first-order valence-corrected chi connectivity index (χ1v) is 7.67. The first-order chi connectivity index (χ1) is 9.58. The van der Waals surface area contributed by atoms with E-state index in [1.54, 1.807) is 6.07 Å². The Bertz CT molecular complexity index is 477. The quantitative estimate of drug-likeness (QED) is 0.829. The highest BCUT2D eigenvalue weighted by Gasteiger charge is 2.20. The largest absolute Gasteiger partial charge is 0.355 e. The number of rotatable bonds is 6. The van der Waals surface area contributed by atoms with Gasteiger partial charge in [-0.3, -0.25) is 4.79 Å². The Morgan fingerprint density at radius 1 is 1.50 bits per heavy atom. The maximum atomic E-state index is 11.8. The average Bonchev–Trinajstić information content (AvgIpc) is 2.89. The summed E-state index contributed by atoms with van der Waals surface area (Å²) < 4.78 is 0. The highest BCUT2D eigenvalue weighted by molar-refractivity contribution is 5.38. The molecule has 1 aromatic heterocycles. The van der Waals surface area contributed by atoms with E-state index in [-0.39, 0.29) is 5.56 Å². The van der Waals surface area contributed by atoms with Crippen LogP contribution < -0.4 is 15.8 Å². The second kappa shape index (κ2) is 6.88. The molecular formula is C15H26N4O. The summed E-state index contributed by atoms with van der Waals surface area (Å²) in [7, 11) is 0. The molecule has 0 spiro atoms. The Morgan fingerprint density at radius 2 is 2.30 bits per heavy atom. The van der Waals surface area contributed by atoms with Gasteiger partial charge in [0, 0.05) is 31.6 Å². The Labute approximate surface area is 120 Å². The zero-order valence-electron chi connectivity index (χ0n) is 12.8. The molecule has 112 valence electrons. The summed E-state index contributed by atoms with van der Waals surface area (Å²) in [6.07, 6.45) is 3.20. The molecule has 0 amide bonds. The molecule has 0 radical (unpaired) electrons. The van der Waals surface area contributed by atoms with Gasteiger partial charge < -0.3 is 15.2 Å². The molecule has 2 N–H and O–H groups in total. The SMILES string of the molecule is CCc1nc(N(CC(C)C)CC2CCCN2)cc(=O)[nH]1. The van der Waals surface area contributed by atoms with Gasteiger partial charge in [-0.25, -0.2) is 4.98 Å². The number of hydrogen-bond donors (Lipinski definition) is 2. The summed E-state index contributed by atoms with van der Waals surface area (Å²) in [5, 5.41) is 3.52. The highest BCUT2D eigenvalue weighted by Crippen LogP contribution is 2.15. The van der Waals surface area contributed by atoms with Gasteiger partial charge in [-0.15, -0.1) is 0 Å². The van der Waals surface area contributed by atoms with Gasteiger partial charge in [-0.2, -0.15) is 0 Å². The zero-order chi connectivity index (χ0) is 14.5. The number of hydrogen-bond acceptors (Lipinski definition) is 4. The van der Waals surface area contributed by atoms with Crippen LogP contribution in [0.15, 0.2) is 10.9 Å². The average molecular weight is 278 g/mol. The number of nitrogens with zero attached hydrogens (tertiary/aromatic N) is 2. The monoisotopic (exact) mass is 278 g/mol. The summed E-state index contributed by atoms with van der Waals surface area (Å²) in [5.74, 6) is 2.12. The van der Waals surface area contributed by atoms with Crippen LogP contribution in [0.25, 0.3) is 0 Å². The van der Waals surface area contributed by atoms with Crippen molar-refractivity contribution in [3.05, 3.63) is 22.2 Å². The minimum absolute atomic E-state index is 0.0556. The van der Waals surface area contributed by atoms with E-state index in [0.717, 1.165) is 37.7 Å². The second-order valence-electron chi connectivity index (χ2n) is 6.00. The van der Waals surface area contributed by atoms with Crippen molar-refractivity contribution in [2.45, 2.75) is 46.1 Å². The summed E-state index contributed by atoms with van der Waals surface area (Å²) in [5.41, 5.74) is -0.0556. The molecule has 1 saturated heterocycles. The van der Waals surface area contributed by atoms with E-state index < -0.39 is 0 Å². The standard InChI is InChI=1S/C15H26N4O/c1-4-13-17-14(8-15(20)18-13)19(9-11(2)3)10-12-6-5-7-16-12/h8,11-12,16H,4-7,9-10H2,1-3H3,(H,17,18,20). The molecule has 1 unspecified atom stereocenters. The molecule has 2 rings (SSSR count). The smallest absolute Gasteiger partial charge is 0.252 e. The third kappa shape index (κ3) is 4.07. The lowest BCUT2D eigenvalue weighted by Crippen LogP contribution is -2.40. The lowest BCUT2D eigenvalue weighted by Gasteiger charge is -2.28. The normalized spacial score (nSPS) is 18.7. The van der Waals surface area contributed by atoms with Gasteiger partial charge in [0.1, 0.15) is 11.6 Å². The number of aromatic amines is 1. The molecule has 0 aromatic carbocycles. The molecule has 1 fully saturated rings.